The van der Waals surface area contributed by atoms with Gasteiger partial charge in [0, 0.05) is 19.4 Å². The van der Waals surface area contributed by atoms with Crippen LogP contribution < -0.4 is 5.73 Å². The SMILES string of the molecule is CCCCCCCC/C=C/CCCCCCCCCCCCCC(=O)OC[C@H](COP(=O)(O)OCCN)OC(=O)CCC/C=C/C/C=C/CCCCCCCCCCC. The minimum atomic E-state index is -4.39. The second-order valence-electron chi connectivity index (χ2n) is 16.3. The molecule has 0 saturated heterocycles. The summed E-state index contributed by atoms with van der Waals surface area (Å²) in [7, 11) is -4.39. The zero-order valence-electron chi connectivity index (χ0n) is 38.2. The van der Waals surface area contributed by atoms with Gasteiger partial charge >= 0.3 is 19.8 Å². The van der Waals surface area contributed by atoms with Crippen molar-refractivity contribution in [1.29, 1.82) is 0 Å². The fraction of sp³-hybridized carbons (Fsp3) is 0.837. The molecule has 0 rings (SSSR count). The van der Waals surface area contributed by atoms with Gasteiger partial charge in [0.1, 0.15) is 6.61 Å². The van der Waals surface area contributed by atoms with Crippen molar-refractivity contribution in [3.8, 4) is 0 Å². The summed E-state index contributed by atoms with van der Waals surface area (Å²) in [4.78, 5) is 35.0. The molecule has 0 aromatic heterocycles. The van der Waals surface area contributed by atoms with Gasteiger partial charge in [-0.2, -0.15) is 0 Å². The topological polar surface area (TPSA) is 134 Å². The molecule has 0 aromatic carbocycles. The summed E-state index contributed by atoms with van der Waals surface area (Å²) in [5.74, 6) is -0.875. The summed E-state index contributed by atoms with van der Waals surface area (Å²) in [6, 6.07) is 0. The van der Waals surface area contributed by atoms with Gasteiger partial charge < -0.3 is 20.1 Å². The van der Waals surface area contributed by atoms with E-state index in [1.165, 1.54) is 161 Å². The van der Waals surface area contributed by atoms with Gasteiger partial charge in [-0.15, -0.1) is 0 Å². The van der Waals surface area contributed by atoms with Crippen LogP contribution in [0.25, 0.3) is 0 Å². The van der Waals surface area contributed by atoms with Crippen molar-refractivity contribution >= 4 is 19.8 Å². The highest BCUT2D eigenvalue weighted by Crippen LogP contribution is 2.43. The van der Waals surface area contributed by atoms with Crippen LogP contribution in [0, 0.1) is 0 Å². The maximum absolute atomic E-state index is 12.6. The molecule has 10 heteroatoms. The average molecular weight is 854 g/mol. The fourth-order valence-electron chi connectivity index (χ4n) is 6.85. The average Bonchev–Trinajstić information content (AvgIpc) is 3.22. The van der Waals surface area contributed by atoms with E-state index in [9.17, 15) is 19.0 Å². The van der Waals surface area contributed by atoms with Crippen molar-refractivity contribution < 1.29 is 37.6 Å². The molecule has 0 aliphatic carbocycles. The summed E-state index contributed by atoms with van der Waals surface area (Å²) >= 11 is 0. The zero-order valence-corrected chi connectivity index (χ0v) is 39.1. The number of ether oxygens (including phenoxy) is 2. The van der Waals surface area contributed by atoms with Crippen LogP contribution >= 0.6 is 7.82 Å². The number of carbonyl (C=O) groups is 2. The first kappa shape index (κ1) is 57.2. The maximum atomic E-state index is 12.6. The first-order valence-corrected chi connectivity index (χ1v) is 26.0. The number of hydrogen-bond acceptors (Lipinski definition) is 8. The number of allylic oxidation sites excluding steroid dienone is 6. The summed E-state index contributed by atoms with van der Waals surface area (Å²) in [5.41, 5.74) is 5.36. The van der Waals surface area contributed by atoms with Gasteiger partial charge in [-0.3, -0.25) is 18.6 Å². The molecule has 1 unspecified atom stereocenters. The van der Waals surface area contributed by atoms with Crippen molar-refractivity contribution in [2.45, 2.75) is 238 Å². The molecule has 0 aromatic rings. The lowest BCUT2D eigenvalue weighted by Gasteiger charge is -2.19. The number of phosphoric acid groups is 1. The number of esters is 2. The number of rotatable bonds is 46. The van der Waals surface area contributed by atoms with E-state index in [0.717, 1.165) is 38.5 Å². The van der Waals surface area contributed by atoms with Gasteiger partial charge in [0.2, 0.25) is 0 Å². The van der Waals surface area contributed by atoms with Crippen LogP contribution in [0.3, 0.4) is 0 Å². The molecule has 3 N–H and O–H groups in total. The van der Waals surface area contributed by atoms with Gasteiger partial charge in [0.05, 0.1) is 13.2 Å². The molecule has 0 radical (unpaired) electrons. The van der Waals surface area contributed by atoms with Crippen molar-refractivity contribution in [1.82, 2.24) is 0 Å². The lowest BCUT2D eigenvalue weighted by atomic mass is 10.0. The Morgan fingerprint density at radius 1 is 0.508 bits per heavy atom. The fourth-order valence-corrected chi connectivity index (χ4v) is 7.61. The van der Waals surface area contributed by atoms with Crippen molar-refractivity contribution in [3.63, 3.8) is 0 Å². The Morgan fingerprint density at radius 2 is 0.898 bits per heavy atom. The molecule has 0 fully saturated rings. The Balaban J connectivity index is 4.10. The zero-order chi connectivity index (χ0) is 43.2. The van der Waals surface area contributed by atoms with Gasteiger partial charge in [0.25, 0.3) is 0 Å². The Kier molecular flexibility index (Phi) is 44.4. The van der Waals surface area contributed by atoms with E-state index >= 15 is 0 Å². The molecule has 2 atom stereocenters. The van der Waals surface area contributed by atoms with Crippen molar-refractivity contribution in [2.24, 2.45) is 5.73 Å². The standard InChI is InChI=1S/C49H92NO8P/c1-3-5-7-9-11-13-15-17-19-21-22-23-24-26-27-29-31-33-35-37-39-41-48(51)55-45-47(46-57-59(53,54)56-44-43-50)58-49(52)42-40-38-36-34-32-30-28-25-20-18-16-14-12-10-8-6-4-2/h17,19,28,30,34,36,47H,3-16,18,20-27,29,31-33,35,37-46,50H2,1-2H3,(H,53,54)/b19-17+,30-28+,36-34+/t47-/m1/s1. The Morgan fingerprint density at radius 3 is 1.36 bits per heavy atom. The van der Waals surface area contributed by atoms with Crippen molar-refractivity contribution in [2.75, 3.05) is 26.4 Å². The normalized spacial score (nSPS) is 13.5. The van der Waals surface area contributed by atoms with Gasteiger partial charge in [-0.1, -0.05) is 192 Å². The minimum Gasteiger partial charge on any atom is -0.462 e. The third kappa shape index (κ3) is 45.6. The molecule has 0 bridgehead atoms. The Hall–Kier alpha value is -1.77. The molecule has 59 heavy (non-hydrogen) atoms. The molecule has 0 heterocycles. The minimum absolute atomic E-state index is 0.0475. The Bertz CT molecular complexity index is 1060. The van der Waals surface area contributed by atoms with Crippen LogP contribution in [0.4, 0.5) is 0 Å². The molecule has 0 aliphatic heterocycles. The number of unbranched alkanes of at least 4 members (excludes halogenated alkanes) is 27. The highest BCUT2D eigenvalue weighted by atomic mass is 31.2. The molecule has 0 amide bonds. The van der Waals surface area contributed by atoms with Gasteiger partial charge in [0.15, 0.2) is 6.10 Å². The molecule has 346 valence electrons. The predicted octanol–water partition coefficient (Wildman–Crippen LogP) is 14.5. The molecule has 9 nitrogen and oxygen atoms in total. The molecular weight excluding hydrogens is 762 g/mol. The highest BCUT2D eigenvalue weighted by Gasteiger charge is 2.26. The second-order valence-corrected chi connectivity index (χ2v) is 17.8. The maximum Gasteiger partial charge on any atom is 0.472 e. The van der Waals surface area contributed by atoms with E-state index in [2.05, 4.69) is 50.3 Å². The van der Waals surface area contributed by atoms with Crippen LogP contribution in [0.15, 0.2) is 36.5 Å². The van der Waals surface area contributed by atoms with E-state index in [1.807, 2.05) is 0 Å². The first-order valence-electron chi connectivity index (χ1n) is 24.5. The molecular formula is C49H92NO8P. The summed E-state index contributed by atoms with van der Waals surface area (Å²) in [6.07, 6.45) is 51.9. The monoisotopic (exact) mass is 854 g/mol. The highest BCUT2D eigenvalue weighted by molar-refractivity contribution is 7.47. The number of carbonyl (C=O) groups excluding carboxylic acids is 2. The first-order chi connectivity index (χ1) is 28.8. The third-order valence-corrected chi connectivity index (χ3v) is 11.5. The van der Waals surface area contributed by atoms with Gasteiger partial charge in [-0.25, -0.2) is 4.57 Å². The quantitative estimate of drug-likeness (QED) is 0.0265. The van der Waals surface area contributed by atoms with Crippen molar-refractivity contribution in [3.05, 3.63) is 36.5 Å². The van der Waals surface area contributed by atoms with E-state index in [0.29, 0.717) is 6.42 Å². The predicted molar refractivity (Wildman–Crippen MR) is 247 cm³/mol. The lowest BCUT2D eigenvalue weighted by molar-refractivity contribution is -0.161. The second kappa shape index (κ2) is 45.7. The number of nitrogens with two attached hydrogens (primary N) is 1. The third-order valence-electron chi connectivity index (χ3n) is 10.5. The van der Waals surface area contributed by atoms with Crippen LogP contribution in [0.2, 0.25) is 0 Å². The largest absolute Gasteiger partial charge is 0.472 e. The molecule has 0 saturated carbocycles. The number of phosphoric ester groups is 1. The summed E-state index contributed by atoms with van der Waals surface area (Å²) < 4.78 is 32.8. The van der Waals surface area contributed by atoms with E-state index in [-0.39, 0.29) is 32.6 Å². The summed E-state index contributed by atoms with van der Waals surface area (Å²) in [5, 5.41) is 0. The van der Waals surface area contributed by atoms with Crippen LogP contribution in [-0.2, 0) is 32.7 Å². The number of hydrogen-bond donors (Lipinski definition) is 2. The van der Waals surface area contributed by atoms with E-state index in [4.69, 9.17) is 24.3 Å². The summed E-state index contributed by atoms with van der Waals surface area (Å²) in [6.45, 7) is 3.71. The smallest absolute Gasteiger partial charge is 0.462 e. The Labute approximate surface area is 363 Å². The lowest BCUT2D eigenvalue weighted by Crippen LogP contribution is -2.29. The van der Waals surface area contributed by atoms with E-state index in [1.54, 1.807) is 0 Å². The molecule has 0 spiro atoms. The molecule has 0 aliphatic rings. The van der Waals surface area contributed by atoms with Crippen LogP contribution in [-0.4, -0.2) is 49.3 Å². The van der Waals surface area contributed by atoms with Crippen LogP contribution in [0.1, 0.15) is 232 Å². The van der Waals surface area contributed by atoms with E-state index < -0.39 is 32.5 Å². The van der Waals surface area contributed by atoms with Crippen LogP contribution in [0.5, 0.6) is 0 Å². The van der Waals surface area contributed by atoms with Gasteiger partial charge in [-0.05, 0) is 64.2 Å².